The first-order valence-electron chi connectivity index (χ1n) is 9.89. The zero-order valence-electron chi connectivity index (χ0n) is 17.8. The predicted molar refractivity (Wildman–Crippen MR) is 132 cm³/mol. The van der Waals surface area contributed by atoms with Gasteiger partial charge in [0, 0.05) is 31.0 Å². The summed E-state index contributed by atoms with van der Waals surface area (Å²) in [6.07, 6.45) is 1.82. The van der Waals surface area contributed by atoms with Crippen LogP contribution in [0.1, 0.15) is 55.2 Å². The van der Waals surface area contributed by atoms with Crippen LogP contribution in [0.5, 0.6) is 0 Å². The van der Waals surface area contributed by atoms with Gasteiger partial charge in [-0.3, -0.25) is 4.99 Å². The SMILES string of the molecule is CCCc1noc(-c2cccc(CNC(=NC)NCc3nc(C(C)C)cs3)c2)n1.I. The molecule has 2 heterocycles. The molecular formula is C21H29IN6OS. The Morgan fingerprint density at radius 1 is 1.20 bits per heavy atom. The van der Waals surface area contributed by atoms with E-state index in [1.165, 1.54) is 0 Å². The second-order valence-corrected chi connectivity index (χ2v) is 8.01. The van der Waals surface area contributed by atoms with Gasteiger partial charge >= 0.3 is 0 Å². The van der Waals surface area contributed by atoms with E-state index in [0.717, 1.165) is 46.5 Å². The molecule has 0 radical (unpaired) electrons. The Kier molecular flexibility index (Phi) is 9.70. The maximum Gasteiger partial charge on any atom is 0.257 e. The van der Waals surface area contributed by atoms with Crippen molar-refractivity contribution in [1.82, 2.24) is 25.8 Å². The quantitative estimate of drug-likeness (QED) is 0.244. The first-order valence-corrected chi connectivity index (χ1v) is 10.8. The van der Waals surface area contributed by atoms with E-state index >= 15 is 0 Å². The normalized spacial score (nSPS) is 11.4. The van der Waals surface area contributed by atoms with Crippen LogP contribution in [0.4, 0.5) is 0 Å². The molecule has 0 unspecified atom stereocenters. The van der Waals surface area contributed by atoms with Crippen LogP contribution in [-0.4, -0.2) is 28.1 Å². The molecule has 0 aliphatic rings. The smallest absolute Gasteiger partial charge is 0.257 e. The molecule has 0 spiro atoms. The molecule has 2 aromatic heterocycles. The minimum absolute atomic E-state index is 0. The van der Waals surface area contributed by atoms with Crippen molar-refractivity contribution in [2.75, 3.05) is 7.05 Å². The molecule has 0 atom stereocenters. The summed E-state index contributed by atoms with van der Waals surface area (Å²) in [7, 11) is 1.76. The average Bonchev–Trinajstić information content (AvgIpc) is 3.38. The summed E-state index contributed by atoms with van der Waals surface area (Å²) in [6, 6.07) is 8.09. The number of halogens is 1. The van der Waals surface area contributed by atoms with Crippen LogP contribution in [0, 0.1) is 0 Å². The van der Waals surface area contributed by atoms with E-state index in [-0.39, 0.29) is 24.0 Å². The molecule has 1 aromatic carbocycles. The van der Waals surface area contributed by atoms with E-state index in [4.69, 9.17) is 4.52 Å². The molecule has 0 aliphatic carbocycles. The largest absolute Gasteiger partial charge is 0.352 e. The minimum Gasteiger partial charge on any atom is -0.352 e. The highest BCUT2D eigenvalue weighted by molar-refractivity contribution is 14.0. The van der Waals surface area contributed by atoms with Crippen LogP contribution in [0.2, 0.25) is 0 Å². The van der Waals surface area contributed by atoms with Gasteiger partial charge in [0.15, 0.2) is 11.8 Å². The summed E-state index contributed by atoms with van der Waals surface area (Å²) in [5.41, 5.74) is 3.16. The maximum atomic E-state index is 5.39. The minimum atomic E-state index is 0. The summed E-state index contributed by atoms with van der Waals surface area (Å²) in [5.74, 6) is 2.49. The highest BCUT2D eigenvalue weighted by Gasteiger charge is 2.10. The van der Waals surface area contributed by atoms with Crippen molar-refractivity contribution in [2.24, 2.45) is 4.99 Å². The summed E-state index contributed by atoms with van der Waals surface area (Å²) >= 11 is 1.67. The molecule has 9 heteroatoms. The second kappa shape index (κ2) is 12.0. The van der Waals surface area contributed by atoms with Gasteiger partial charge in [0.25, 0.3) is 5.89 Å². The fraction of sp³-hybridized carbons (Fsp3) is 0.429. The van der Waals surface area contributed by atoms with E-state index in [1.807, 2.05) is 12.1 Å². The number of rotatable bonds is 8. The third-order valence-electron chi connectivity index (χ3n) is 4.37. The first kappa shape index (κ1) is 24.3. The summed E-state index contributed by atoms with van der Waals surface area (Å²) in [5, 5.41) is 13.9. The molecular weight excluding hydrogens is 511 g/mol. The van der Waals surface area contributed by atoms with Gasteiger partial charge in [-0.2, -0.15) is 4.98 Å². The molecule has 7 nitrogen and oxygen atoms in total. The van der Waals surface area contributed by atoms with Crippen LogP contribution < -0.4 is 10.6 Å². The molecule has 0 fully saturated rings. The van der Waals surface area contributed by atoms with Crippen molar-refractivity contribution in [1.29, 1.82) is 0 Å². The Morgan fingerprint density at radius 3 is 2.70 bits per heavy atom. The molecule has 3 rings (SSSR count). The number of nitrogens with one attached hydrogen (secondary N) is 2. The topological polar surface area (TPSA) is 88.2 Å². The van der Waals surface area contributed by atoms with Gasteiger partial charge in [-0.1, -0.05) is 38.1 Å². The molecule has 0 saturated carbocycles. The fourth-order valence-corrected chi connectivity index (χ4v) is 3.64. The number of guanidine groups is 1. The third kappa shape index (κ3) is 6.76. The lowest BCUT2D eigenvalue weighted by Gasteiger charge is -2.11. The average molecular weight is 540 g/mol. The number of benzene rings is 1. The molecule has 30 heavy (non-hydrogen) atoms. The van der Waals surface area contributed by atoms with Gasteiger partial charge in [-0.15, -0.1) is 35.3 Å². The van der Waals surface area contributed by atoms with Crippen molar-refractivity contribution < 1.29 is 4.52 Å². The predicted octanol–water partition coefficient (Wildman–Crippen LogP) is 4.75. The van der Waals surface area contributed by atoms with Crippen LogP contribution in [0.25, 0.3) is 11.5 Å². The molecule has 0 aliphatic heterocycles. The highest BCUT2D eigenvalue weighted by Crippen LogP contribution is 2.19. The van der Waals surface area contributed by atoms with Crippen molar-refractivity contribution in [3.8, 4) is 11.5 Å². The first-order chi connectivity index (χ1) is 14.1. The van der Waals surface area contributed by atoms with E-state index in [0.29, 0.717) is 24.9 Å². The second-order valence-electron chi connectivity index (χ2n) is 7.07. The molecule has 0 bridgehead atoms. The summed E-state index contributed by atoms with van der Waals surface area (Å²) in [6.45, 7) is 7.69. The van der Waals surface area contributed by atoms with Crippen molar-refractivity contribution >= 4 is 41.3 Å². The molecule has 162 valence electrons. The zero-order valence-corrected chi connectivity index (χ0v) is 21.0. The van der Waals surface area contributed by atoms with Gasteiger partial charge in [-0.25, -0.2) is 4.98 Å². The standard InChI is InChI=1S/C21H28N6OS.HI/c1-5-7-18-26-20(28-27-18)16-9-6-8-15(10-16)11-23-21(22-4)24-12-19-25-17(13-29-19)14(2)3;/h6,8-10,13-14H,5,7,11-12H2,1-4H3,(H2,22,23,24);1H. The maximum absolute atomic E-state index is 5.39. The monoisotopic (exact) mass is 540 g/mol. The number of nitrogens with zero attached hydrogens (tertiary/aromatic N) is 4. The highest BCUT2D eigenvalue weighted by atomic mass is 127. The third-order valence-corrected chi connectivity index (χ3v) is 5.23. The van der Waals surface area contributed by atoms with Crippen LogP contribution in [-0.2, 0) is 19.5 Å². The summed E-state index contributed by atoms with van der Waals surface area (Å²) < 4.78 is 5.39. The van der Waals surface area contributed by atoms with Gasteiger partial charge in [0.2, 0.25) is 0 Å². The lowest BCUT2D eigenvalue weighted by atomic mass is 10.1. The van der Waals surface area contributed by atoms with Gasteiger partial charge < -0.3 is 15.2 Å². The molecule has 0 amide bonds. The van der Waals surface area contributed by atoms with E-state index in [2.05, 4.69) is 69.0 Å². The van der Waals surface area contributed by atoms with Crippen molar-refractivity contribution in [3.63, 3.8) is 0 Å². The Balaban J connectivity index is 0.00000320. The fourth-order valence-electron chi connectivity index (χ4n) is 2.75. The Labute approximate surface area is 198 Å². The molecule has 3 aromatic rings. The lowest BCUT2D eigenvalue weighted by molar-refractivity contribution is 0.422. The molecule has 0 saturated heterocycles. The van der Waals surface area contributed by atoms with E-state index in [9.17, 15) is 0 Å². The van der Waals surface area contributed by atoms with Crippen LogP contribution in [0.15, 0.2) is 39.2 Å². The number of thiazole rings is 1. The summed E-state index contributed by atoms with van der Waals surface area (Å²) in [4.78, 5) is 13.4. The number of hydrogen-bond donors (Lipinski definition) is 2. The number of aryl methyl sites for hydroxylation is 1. The van der Waals surface area contributed by atoms with Crippen LogP contribution in [0.3, 0.4) is 0 Å². The number of aromatic nitrogens is 3. The lowest BCUT2D eigenvalue weighted by Crippen LogP contribution is -2.36. The van der Waals surface area contributed by atoms with Crippen molar-refractivity contribution in [3.05, 3.63) is 51.7 Å². The van der Waals surface area contributed by atoms with Gasteiger partial charge in [-0.05, 0) is 30.0 Å². The zero-order chi connectivity index (χ0) is 20.6. The van der Waals surface area contributed by atoms with Crippen molar-refractivity contribution in [2.45, 2.75) is 52.6 Å². The Bertz CT molecular complexity index is 952. The van der Waals surface area contributed by atoms with Gasteiger partial charge in [0.05, 0.1) is 12.2 Å². The van der Waals surface area contributed by atoms with E-state index < -0.39 is 0 Å². The van der Waals surface area contributed by atoms with E-state index in [1.54, 1.807) is 18.4 Å². The number of hydrogen-bond acceptors (Lipinski definition) is 6. The van der Waals surface area contributed by atoms with Crippen LogP contribution >= 0.6 is 35.3 Å². The Morgan fingerprint density at radius 2 is 2.00 bits per heavy atom. The molecule has 2 N–H and O–H groups in total. The number of aliphatic imine (C=N–C) groups is 1. The Hall–Kier alpha value is -2.01. The van der Waals surface area contributed by atoms with Gasteiger partial charge in [0.1, 0.15) is 5.01 Å².